The van der Waals surface area contributed by atoms with E-state index in [0.717, 1.165) is 11.3 Å². The number of aromatic nitrogens is 4. The Morgan fingerprint density at radius 2 is 1.93 bits per heavy atom. The minimum Gasteiger partial charge on any atom is -0.349 e. The van der Waals surface area contributed by atoms with Crippen molar-refractivity contribution in [3.05, 3.63) is 66.0 Å². The number of anilines is 1. The third-order valence-corrected chi connectivity index (χ3v) is 3.98. The van der Waals surface area contributed by atoms with Crippen LogP contribution in [0.15, 0.2) is 54.9 Å². The third-order valence-electron chi connectivity index (χ3n) is 3.98. The van der Waals surface area contributed by atoms with Gasteiger partial charge in [0, 0.05) is 23.7 Å². The van der Waals surface area contributed by atoms with E-state index in [1.54, 1.807) is 41.9 Å². The van der Waals surface area contributed by atoms with E-state index >= 15 is 0 Å². The Morgan fingerprint density at radius 1 is 1.15 bits per heavy atom. The molecule has 2 amide bonds. The molecule has 0 spiro atoms. The number of aryl methyl sites for hydroxylation is 1. The van der Waals surface area contributed by atoms with E-state index in [9.17, 15) is 9.59 Å². The Morgan fingerprint density at radius 3 is 2.59 bits per heavy atom. The van der Waals surface area contributed by atoms with Crippen molar-refractivity contribution in [2.45, 2.75) is 26.3 Å². The van der Waals surface area contributed by atoms with Gasteiger partial charge in [-0.25, -0.2) is 4.68 Å². The Balaban J connectivity index is 1.56. The minimum atomic E-state index is -0.292. The second-order valence-electron chi connectivity index (χ2n) is 6.25. The lowest BCUT2D eigenvalue weighted by Crippen LogP contribution is -2.35. The van der Waals surface area contributed by atoms with Gasteiger partial charge in [-0.1, -0.05) is 18.2 Å². The molecule has 0 saturated heterocycles. The van der Waals surface area contributed by atoms with Crippen LogP contribution in [0.1, 0.15) is 29.3 Å². The van der Waals surface area contributed by atoms with E-state index in [2.05, 4.69) is 26.2 Å². The first-order valence-corrected chi connectivity index (χ1v) is 8.52. The smallest absolute Gasteiger partial charge is 0.251 e. The van der Waals surface area contributed by atoms with E-state index in [0.29, 0.717) is 11.3 Å². The van der Waals surface area contributed by atoms with Crippen LogP contribution in [0.4, 0.5) is 5.69 Å². The molecule has 138 valence electrons. The van der Waals surface area contributed by atoms with Gasteiger partial charge in [0.05, 0.1) is 5.69 Å². The second-order valence-corrected chi connectivity index (χ2v) is 6.25. The van der Waals surface area contributed by atoms with Gasteiger partial charge in [0.2, 0.25) is 5.91 Å². The van der Waals surface area contributed by atoms with Gasteiger partial charge in [-0.2, -0.15) is 0 Å². The van der Waals surface area contributed by atoms with Crippen molar-refractivity contribution in [3.8, 4) is 5.69 Å². The van der Waals surface area contributed by atoms with Crippen LogP contribution in [0, 0.1) is 6.92 Å². The van der Waals surface area contributed by atoms with E-state index in [4.69, 9.17) is 0 Å². The fraction of sp³-hybridized carbons (Fsp3) is 0.211. The quantitative estimate of drug-likeness (QED) is 0.697. The van der Waals surface area contributed by atoms with Crippen LogP contribution in [0.5, 0.6) is 0 Å². The molecule has 0 saturated carbocycles. The molecule has 3 rings (SSSR count). The molecular formula is C19H20N6O2. The molecule has 2 N–H and O–H groups in total. The zero-order valence-corrected chi connectivity index (χ0v) is 15.1. The molecule has 1 aromatic heterocycles. The second kappa shape index (κ2) is 8.22. The molecule has 0 aliphatic rings. The summed E-state index contributed by atoms with van der Waals surface area (Å²) in [5.41, 5.74) is 3.00. The van der Waals surface area contributed by atoms with Crippen LogP contribution in [0.3, 0.4) is 0 Å². The SMILES string of the molecule is Cc1cc(NC(=O)CC(C)NC(=O)c2ccccc2)ccc1-n1cnnn1. The predicted octanol–water partition coefficient (Wildman–Crippen LogP) is 2.12. The largest absolute Gasteiger partial charge is 0.349 e. The van der Waals surface area contributed by atoms with Crippen LogP contribution in [-0.2, 0) is 4.79 Å². The van der Waals surface area contributed by atoms with Crippen LogP contribution >= 0.6 is 0 Å². The number of tetrazole rings is 1. The van der Waals surface area contributed by atoms with Crippen molar-refractivity contribution in [2.75, 3.05) is 5.32 Å². The zero-order valence-electron chi connectivity index (χ0n) is 15.1. The third kappa shape index (κ3) is 4.75. The summed E-state index contributed by atoms with van der Waals surface area (Å²) in [5.74, 6) is -0.372. The molecule has 0 fully saturated rings. The lowest BCUT2D eigenvalue weighted by molar-refractivity contribution is -0.116. The standard InChI is InChI=1S/C19H20N6O2/c1-13-10-16(8-9-17(13)25-12-20-23-24-25)22-18(26)11-14(2)21-19(27)15-6-4-3-5-7-15/h3-10,12,14H,11H2,1-2H3,(H,21,27)(H,22,26). The first-order chi connectivity index (χ1) is 13.0. The highest BCUT2D eigenvalue weighted by molar-refractivity contribution is 5.95. The van der Waals surface area contributed by atoms with Crippen molar-refractivity contribution in [2.24, 2.45) is 0 Å². The summed E-state index contributed by atoms with van der Waals surface area (Å²) in [6.07, 6.45) is 1.68. The van der Waals surface area contributed by atoms with Gasteiger partial charge >= 0.3 is 0 Å². The van der Waals surface area contributed by atoms with Gasteiger partial charge < -0.3 is 10.6 Å². The molecule has 3 aromatic rings. The molecule has 8 nitrogen and oxygen atoms in total. The lowest BCUT2D eigenvalue weighted by Gasteiger charge is -2.14. The maximum atomic E-state index is 12.3. The summed E-state index contributed by atoms with van der Waals surface area (Å²) in [7, 11) is 0. The van der Waals surface area contributed by atoms with Crippen LogP contribution in [0.25, 0.3) is 5.69 Å². The van der Waals surface area contributed by atoms with Crippen LogP contribution in [0.2, 0.25) is 0 Å². The number of nitrogens with zero attached hydrogens (tertiary/aromatic N) is 4. The molecule has 2 aromatic carbocycles. The summed E-state index contributed by atoms with van der Waals surface area (Å²) < 4.78 is 1.56. The average Bonchev–Trinajstić information content (AvgIpc) is 3.16. The predicted molar refractivity (Wildman–Crippen MR) is 101 cm³/mol. The summed E-state index contributed by atoms with van der Waals surface area (Å²) in [6.45, 7) is 3.71. The highest BCUT2D eigenvalue weighted by atomic mass is 16.2. The topological polar surface area (TPSA) is 102 Å². The number of benzene rings is 2. The molecule has 8 heteroatoms. The zero-order chi connectivity index (χ0) is 19.2. The van der Waals surface area contributed by atoms with E-state index in [1.165, 1.54) is 6.33 Å². The summed E-state index contributed by atoms with van der Waals surface area (Å²) >= 11 is 0. The monoisotopic (exact) mass is 364 g/mol. The van der Waals surface area contributed by atoms with Gasteiger partial charge in [-0.05, 0) is 60.2 Å². The normalized spacial score (nSPS) is 11.6. The van der Waals surface area contributed by atoms with Gasteiger partial charge in [0.25, 0.3) is 5.91 Å². The van der Waals surface area contributed by atoms with E-state index in [-0.39, 0.29) is 24.3 Å². The number of rotatable bonds is 6. The van der Waals surface area contributed by atoms with Crippen molar-refractivity contribution in [1.82, 2.24) is 25.5 Å². The van der Waals surface area contributed by atoms with Crippen molar-refractivity contribution in [3.63, 3.8) is 0 Å². The summed E-state index contributed by atoms with van der Waals surface area (Å²) in [4.78, 5) is 24.4. The first kappa shape index (κ1) is 18.2. The highest BCUT2D eigenvalue weighted by Gasteiger charge is 2.14. The first-order valence-electron chi connectivity index (χ1n) is 8.52. The fourth-order valence-corrected chi connectivity index (χ4v) is 2.70. The number of carbonyl (C=O) groups is 2. The number of carbonyl (C=O) groups excluding carboxylic acids is 2. The molecule has 1 heterocycles. The number of hydrogen-bond donors (Lipinski definition) is 2. The molecule has 0 bridgehead atoms. The number of amides is 2. The number of nitrogens with one attached hydrogen (secondary N) is 2. The average molecular weight is 364 g/mol. The Kier molecular flexibility index (Phi) is 5.55. The van der Waals surface area contributed by atoms with Crippen LogP contribution < -0.4 is 10.6 Å². The van der Waals surface area contributed by atoms with Gasteiger partial charge in [-0.15, -0.1) is 5.10 Å². The lowest BCUT2D eigenvalue weighted by atomic mass is 10.1. The van der Waals surface area contributed by atoms with Gasteiger partial charge in [0.15, 0.2) is 0 Å². The molecule has 1 unspecified atom stereocenters. The van der Waals surface area contributed by atoms with E-state index in [1.807, 2.05) is 25.1 Å². The van der Waals surface area contributed by atoms with Gasteiger partial charge in [-0.3, -0.25) is 9.59 Å². The molecular weight excluding hydrogens is 344 g/mol. The Labute approximate surface area is 156 Å². The molecule has 1 atom stereocenters. The van der Waals surface area contributed by atoms with Gasteiger partial charge in [0.1, 0.15) is 6.33 Å². The Hall–Kier alpha value is -3.55. The van der Waals surface area contributed by atoms with Crippen molar-refractivity contribution < 1.29 is 9.59 Å². The van der Waals surface area contributed by atoms with Crippen molar-refractivity contribution >= 4 is 17.5 Å². The van der Waals surface area contributed by atoms with E-state index < -0.39 is 0 Å². The maximum absolute atomic E-state index is 12.3. The molecule has 0 aliphatic carbocycles. The summed E-state index contributed by atoms with van der Waals surface area (Å²) in [5, 5.41) is 16.8. The molecule has 0 radical (unpaired) electrons. The van der Waals surface area contributed by atoms with Crippen LogP contribution in [-0.4, -0.2) is 38.1 Å². The number of hydrogen-bond acceptors (Lipinski definition) is 5. The Bertz CT molecular complexity index is 925. The molecule has 0 aliphatic heterocycles. The highest BCUT2D eigenvalue weighted by Crippen LogP contribution is 2.18. The summed E-state index contributed by atoms with van der Waals surface area (Å²) in [6, 6.07) is 14.1. The molecule has 27 heavy (non-hydrogen) atoms. The van der Waals surface area contributed by atoms with Crippen molar-refractivity contribution in [1.29, 1.82) is 0 Å². The maximum Gasteiger partial charge on any atom is 0.251 e. The fourth-order valence-electron chi connectivity index (χ4n) is 2.70. The minimum absolute atomic E-state index is 0.173.